The quantitative estimate of drug-likeness (QED) is 0.651. The number of benzene rings is 2. The number of amides is 2. The number of fused-ring (bicyclic) bond motifs is 2. The Morgan fingerprint density at radius 2 is 1.73 bits per heavy atom. The predicted molar refractivity (Wildman–Crippen MR) is 111 cm³/mol. The fraction of sp³-hybridized carbons (Fsp3) is 0.182. The molecule has 0 saturated carbocycles. The fourth-order valence-corrected chi connectivity index (χ4v) is 3.47. The number of nitrogens with one attached hydrogen (secondary N) is 2. The highest BCUT2D eigenvalue weighted by Gasteiger charge is 2.43. The van der Waals surface area contributed by atoms with Crippen molar-refractivity contribution in [2.75, 3.05) is 16.8 Å². The largest absolute Gasteiger partial charge is 0.451 e. The molecule has 0 aliphatic carbocycles. The fourth-order valence-electron chi connectivity index (χ4n) is 3.47. The van der Waals surface area contributed by atoms with Crippen molar-refractivity contribution in [2.45, 2.75) is 19.4 Å². The molecular formula is C22H19N3O5. The average Bonchev–Trinajstić information content (AvgIpc) is 2.72. The first kappa shape index (κ1) is 19.4. The molecular weight excluding hydrogens is 386 g/mol. The van der Waals surface area contributed by atoms with Gasteiger partial charge in [-0.1, -0.05) is 24.3 Å². The monoisotopic (exact) mass is 405 g/mol. The van der Waals surface area contributed by atoms with Crippen molar-refractivity contribution in [2.24, 2.45) is 0 Å². The SMILES string of the molecule is CC1(C)C(=O)Nc2ccccc2N1C(=O)COC(=O)c1cc(=O)c2ccccc2[nH]1. The Morgan fingerprint density at radius 3 is 2.53 bits per heavy atom. The lowest BCUT2D eigenvalue weighted by Gasteiger charge is -2.41. The van der Waals surface area contributed by atoms with E-state index in [0.29, 0.717) is 22.3 Å². The molecule has 0 radical (unpaired) electrons. The highest BCUT2D eigenvalue weighted by molar-refractivity contribution is 6.14. The van der Waals surface area contributed by atoms with Crippen molar-refractivity contribution in [3.05, 3.63) is 70.5 Å². The molecule has 2 N–H and O–H groups in total. The first-order chi connectivity index (χ1) is 14.3. The lowest BCUT2D eigenvalue weighted by atomic mass is 9.96. The molecule has 152 valence electrons. The number of para-hydroxylation sites is 3. The minimum absolute atomic E-state index is 0.0532. The maximum absolute atomic E-state index is 12.9. The van der Waals surface area contributed by atoms with Crippen LogP contribution in [0.1, 0.15) is 24.3 Å². The van der Waals surface area contributed by atoms with Gasteiger partial charge in [-0.25, -0.2) is 4.79 Å². The number of carbonyl (C=O) groups is 3. The van der Waals surface area contributed by atoms with E-state index >= 15 is 0 Å². The number of H-pyrrole nitrogens is 1. The molecule has 3 aromatic rings. The van der Waals surface area contributed by atoms with Crippen molar-refractivity contribution in [1.82, 2.24) is 4.98 Å². The molecule has 0 fully saturated rings. The lowest BCUT2D eigenvalue weighted by Crippen LogP contribution is -2.59. The van der Waals surface area contributed by atoms with Crippen molar-refractivity contribution >= 4 is 40.1 Å². The Hall–Kier alpha value is -3.94. The van der Waals surface area contributed by atoms with Crippen LogP contribution in [0.5, 0.6) is 0 Å². The van der Waals surface area contributed by atoms with Gasteiger partial charge in [-0.15, -0.1) is 0 Å². The summed E-state index contributed by atoms with van der Waals surface area (Å²) in [5.74, 6) is -1.74. The Morgan fingerprint density at radius 1 is 1.03 bits per heavy atom. The van der Waals surface area contributed by atoms with Crippen molar-refractivity contribution in [3.63, 3.8) is 0 Å². The van der Waals surface area contributed by atoms with E-state index in [2.05, 4.69) is 10.3 Å². The first-order valence-electron chi connectivity index (χ1n) is 9.32. The van der Waals surface area contributed by atoms with Gasteiger partial charge in [-0.3, -0.25) is 19.3 Å². The molecule has 8 heteroatoms. The van der Waals surface area contributed by atoms with E-state index in [-0.39, 0.29) is 17.0 Å². The second-order valence-electron chi connectivity index (χ2n) is 7.43. The van der Waals surface area contributed by atoms with Gasteiger partial charge in [0.15, 0.2) is 12.0 Å². The normalized spacial score (nSPS) is 14.7. The zero-order valence-corrected chi connectivity index (χ0v) is 16.4. The average molecular weight is 405 g/mol. The van der Waals surface area contributed by atoms with Crippen LogP contribution >= 0.6 is 0 Å². The van der Waals surface area contributed by atoms with E-state index in [4.69, 9.17) is 4.74 Å². The van der Waals surface area contributed by atoms with Crippen LogP contribution in [-0.4, -0.2) is 34.9 Å². The van der Waals surface area contributed by atoms with E-state index in [1.165, 1.54) is 4.90 Å². The minimum atomic E-state index is -1.17. The molecule has 2 amide bonds. The summed E-state index contributed by atoms with van der Waals surface area (Å²) in [5, 5.41) is 3.22. The summed E-state index contributed by atoms with van der Waals surface area (Å²) in [6, 6.07) is 14.8. The number of rotatable bonds is 3. The first-order valence-corrected chi connectivity index (χ1v) is 9.32. The highest BCUT2D eigenvalue weighted by atomic mass is 16.5. The lowest BCUT2D eigenvalue weighted by molar-refractivity contribution is -0.128. The van der Waals surface area contributed by atoms with Crippen molar-refractivity contribution in [3.8, 4) is 0 Å². The maximum Gasteiger partial charge on any atom is 0.355 e. The third kappa shape index (κ3) is 3.22. The predicted octanol–water partition coefficient (Wildman–Crippen LogP) is 2.45. The molecule has 0 bridgehead atoms. The van der Waals surface area contributed by atoms with Crippen molar-refractivity contribution in [1.29, 1.82) is 0 Å². The molecule has 1 aliphatic rings. The summed E-state index contributed by atoms with van der Waals surface area (Å²) >= 11 is 0. The smallest absolute Gasteiger partial charge is 0.355 e. The zero-order valence-electron chi connectivity index (χ0n) is 16.4. The summed E-state index contributed by atoms with van der Waals surface area (Å²) in [5.41, 5.74) is -0.0450. The van der Waals surface area contributed by atoms with E-state index < -0.39 is 24.0 Å². The zero-order chi connectivity index (χ0) is 21.5. The van der Waals surface area contributed by atoms with Crippen LogP contribution in [-0.2, 0) is 14.3 Å². The van der Waals surface area contributed by atoms with Gasteiger partial charge >= 0.3 is 5.97 Å². The Bertz CT molecular complexity index is 1240. The molecule has 0 unspecified atom stereocenters. The summed E-state index contributed by atoms with van der Waals surface area (Å²) in [7, 11) is 0. The van der Waals surface area contributed by atoms with Crippen molar-refractivity contribution < 1.29 is 19.1 Å². The number of ether oxygens (including phenoxy) is 1. The summed E-state index contributed by atoms with van der Waals surface area (Å²) in [6.45, 7) is 2.64. The molecule has 0 spiro atoms. The number of nitrogens with zero attached hydrogens (tertiary/aromatic N) is 1. The Balaban J connectivity index is 1.57. The summed E-state index contributed by atoms with van der Waals surface area (Å²) < 4.78 is 5.16. The molecule has 8 nitrogen and oxygen atoms in total. The van der Waals surface area contributed by atoms with Gasteiger partial charge in [0.1, 0.15) is 11.2 Å². The second kappa shape index (κ2) is 7.14. The van der Waals surface area contributed by atoms with E-state index in [9.17, 15) is 19.2 Å². The summed E-state index contributed by atoms with van der Waals surface area (Å²) in [6.07, 6.45) is 0. The molecule has 30 heavy (non-hydrogen) atoms. The molecule has 1 aromatic heterocycles. The van der Waals surface area contributed by atoms with Crippen LogP contribution in [0.15, 0.2) is 59.4 Å². The number of hydrogen-bond acceptors (Lipinski definition) is 5. The Labute approximate surface area is 171 Å². The van der Waals surface area contributed by atoms with Crippen LogP contribution < -0.4 is 15.6 Å². The number of hydrogen-bond donors (Lipinski definition) is 2. The van der Waals surface area contributed by atoms with Crippen LogP contribution in [0.3, 0.4) is 0 Å². The standard InChI is InChI=1S/C22H19N3O5/c1-22(2)21(29)24-15-9-5-6-10-17(15)25(22)19(27)12-30-20(28)16-11-18(26)13-7-3-4-8-14(13)23-16/h3-11H,12H2,1-2H3,(H,23,26)(H,24,29). The van der Waals surface area contributed by atoms with Crippen LogP contribution in [0.25, 0.3) is 10.9 Å². The number of aromatic nitrogens is 1. The highest BCUT2D eigenvalue weighted by Crippen LogP contribution is 2.36. The Kier molecular flexibility index (Phi) is 4.62. The topological polar surface area (TPSA) is 109 Å². The molecule has 2 aromatic carbocycles. The number of esters is 1. The summed E-state index contributed by atoms with van der Waals surface area (Å²) in [4.78, 5) is 54.2. The van der Waals surface area contributed by atoms with Gasteiger partial charge in [0.25, 0.3) is 5.91 Å². The van der Waals surface area contributed by atoms with Gasteiger partial charge < -0.3 is 15.0 Å². The van der Waals surface area contributed by atoms with Crippen LogP contribution in [0.2, 0.25) is 0 Å². The molecule has 1 aliphatic heterocycles. The maximum atomic E-state index is 12.9. The molecule has 0 atom stereocenters. The molecule has 0 saturated heterocycles. The van der Waals surface area contributed by atoms with Gasteiger partial charge in [0, 0.05) is 17.0 Å². The number of pyridine rings is 1. The van der Waals surface area contributed by atoms with Gasteiger partial charge in [0.2, 0.25) is 5.91 Å². The van der Waals surface area contributed by atoms with E-state index in [0.717, 1.165) is 6.07 Å². The van der Waals surface area contributed by atoms with Crippen LogP contribution in [0.4, 0.5) is 11.4 Å². The van der Waals surface area contributed by atoms with E-state index in [1.54, 1.807) is 62.4 Å². The minimum Gasteiger partial charge on any atom is -0.451 e. The number of anilines is 2. The van der Waals surface area contributed by atoms with Gasteiger partial charge in [-0.05, 0) is 38.1 Å². The second-order valence-corrected chi connectivity index (χ2v) is 7.43. The third-order valence-electron chi connectivity index (χ3n) is 5.04. The number of carbonyl (C=O) groups excluding carboxylic acids is 3. The van der Waals surface area contributed by atoms with Gasteiger partial charge in [0.05, 0.1) is 11.4 Å². The molecule has 2 heterocycles. The number of aromatic amines is 1. The third-order valence-corrected chi connectivity index (χ3v) is 5.04. The van der Waals surface area contributed by atoms with E-state index in [1.807, 2.05) is 0 Å². The van der Waals surface area contributed by atoms with Gasteiger partial charge in [-0.2, -0.15) is 0 Å². The van der Waals surface area contributed by atoms with Crippen LogP contribution in [0, 0.1) is 0 Å². The molecule has 4 rings (SSSR count).